The van der Waals surface area contributed by atoms with Gasteiger partial charge in [0.1, 0.15) is 4.90 Å². The van der Waals surface area contributed by atoms with Crippen molar-refractivity contribution in [2.45, 2.75) is 30.7 Å². The SMILES string of the molecule is CCC(CC(=N)N)NS(=O)(=O)c1cccnc1. The Bertz CT molecular complexity index is 472. The van der Waals surface area contributed by atoms with Gasteiger partial charge in [-0.2, -0.15) is 0 Å². The molecule has 94 valence electrons. The second-order valence-corrected chi connectivity index (χ2v) is 5.36. The lowest BCUT2D eigenvalue weighted by atomic mass is 10.1. The number of aromatic nitrogens is 1. The van der Waals surface area contributed by atoms with Gasteiger partial charge >= 0.3 is 0 Å². The van der Waals surface area contributed by atoms with Gasteiger partial charge in [0.15, 0.2) is 0 Å². The topological polar surface area (TPSA) is 109 Å². The fourth-order valence-electron chi connectivity index (χ4n) is 1.33. The van der Waals surface area contributed by atoms with E-state index in [0.29, 0.717) is 6.42 Å². The molecule has 0 aromatic carbocycles. The number of nitrogens with zero attached hydrogens (tertiary/aromatic N) is 1. The predicted octanol–water partition coefficient (Wildman–Crippen LogP) is 0.465. The molecule has 0 spiro atoms. The largest absolute Gasteiger partial charge is 0.388 e. The van der Waals surface area contributed by atoms with Crippen LogP contribution >= 0.6 is 0 Å². The van der Waals surface area contributed by atoms with Crippen LogP contribution in [0.25, 0.3) is 0 Å². The third-order valence-corrected chi connectivity index (χ3v) is 3.73. The summed E-state index contributed by atoms with van der Waals surface area (Å²) in [5.41, 5.74) is 5.26. The van der Waals surface area contributed by atoms with Gasteiger partial charge in [0.25, 0.3) is 0 Å². The molecule has 6 nitrogen and oxygen atoms in total. The molecule has 1 heterocycles. The third kappa shape index (κ3) is 4.12. The lowest BCUT2D eigenvalue weighted by molar-refractivity contribution is 0.545. The van der Waals surface area contributed by atoms with Crippen molar-refractivity contribution in [3.63, 3.8) is 0 Å². The first-order valence-electron chi connectivity index (χ1n) is 5.21. The third-order valence-electron chi connectivity index (χ3n) is 2.23. The number of hydrogen-bond acceptors (Lipinski definition) is 4. The van der Waals surface area contributed by atoms with Crippen LogP contribution in [0.1, 0.15) is 19.8 Å². The van der Waals surface area contributed by atoms with E-state index in [1.54, 1.807) is 6.07 Å². The molecule has 0 aliphatic rings. The fraction of sp³-hybridized carbons (Fsp3) is 0.400. The van der Waals surface area contributed by atoms with Gasteiger partial charge in [-0.05, 0) is 18.6 Å². The van der Waals surface area contributed by atoms with Gasteiger partial charge < -0.3 is 5.73 Å². The van der Waals surface area contributed by atoms with Crippen molar-refractivity contribution in [2.75, 3.05) is 0 Å². The van der Waals surface area contributed by atoms with Crippen molar-refractivity contribution in [1.29, 1.82) is 5.41 Å². The van der Waals surface area contributed by atoms with E-state index in [1.807, 2.05) is 6.92 Å². The Hall–Kier alpha value is -1.47. The second-order valence-electron chi connectivity index (χ2n) is 3.64. The molecule has 4 N–H and O–H groups in total. The van der Waals surface area contributed by atoms with Crippen LogP contribution in [0, 0.1) is 5.41 Å². The summed E-state index contributed by atoms with van der Waals surface area (Å²) < 4.78 is 26.3. The molecular formula is C10H16N4O2S. The normalized spacial score (nSPS) is 13.2. The van der Waals surface area contributed by atoms with Crippen molar-refractivity contribution in [3.05, 3.63) is 24.5 Å². The average Bonchev–Trinajstić information content (AvgIpc) is 2.28. The van der Waals surface area contributed by atoms with Gasteiger partial charge in [-0.15, -0.1) is 0 Å². The highest BCUT2D eigenvalue weighted by Gasteiger charge is 2.19. The van der Waals surface area contributed by atoms with Gasteiger partial charge in [-0.1, -0.05) is 6.92 Å². The molecule has 0 fully saturated rings. The summed E-state index contributed by atoms with van der Waals surface area (Å²) in [5, 5.41) is 7.17. The fourth-order valence-corrected chi connectivity index (χ4v) is 2.61. The first-order valence-corrected chi connectivity index (χ1v) is 6.69. The summed E-state index contributed by atoms with van der Waals surface area (Å²) in [5.74, 6) is -0.0364. The molecule has 0 bridgehead atoms. The van der Waals surface area contributed by atoms with Crippen LogP contribution in [0.15, 0.2) is 29.4 Å². The van der Waals surface area contributed by atoms with Crippen LogP contribution in [-0.2, 0) is 10.0 Å². The van der Waals surface area contributed by atoms with E-state index in [-0.39, 0.29) is 23.2 Å². The van der Waals surface area contributed by atoms with Gasteiger partial charge in [0.05, 0.1) is 5.84 Å². The summed E-state index contributed by atoms with van der Waals surface area (Å²) in [6, 6.07) is 2.66. The van der Waals surface area contributed by atoms with Gasteiger partial charge in [0, 0.05) is 24.9 Å². The van der Waals surface area contributed by atoms with E-state index < -0.39 is 10.0 Å². The second kappa shape index (κ2) is 5.74. The van der Waals surface area contributed by atoms with Crippen LogP contribution in [0.2, 0.25) is 0 Å². The quantitative estimate of drug-likeness (QED) is 0.507. The minimum atomic E-state index is -3.58. The molecule has 0 saturated heterocycles. The van der Waals surface area contributed by atoms with E-state index in [2.05, 4.69) is 9.71 Å². The minimum absolute atomic E-state index is 0.0364. The summed E-state index contributed by atoms with van der Waals surface area (Å²) in [7, 11) is -3.58. The first-order chi connectivity index (χ1) is 7.95. The van der Waals surface area contributed by atoms with Crippen molar-refractivity contribution in [3.8, 4) is 0 Å². The molecule has 17 heavy (non-hydrogen) atoms. The van der Waals surface area contributed by atoms with Crippen molar-refractivity contribution in [2.24, 2.45) is 5.73 Å². The van der Waals surface area contributed by atoms with Crippen LogP contribution < -0.4 is 10.5 Å². The van der Waals surface area contributed by atoms with E-state index in [4.69, 9.17) is 11.1 Å². The zero-order valence-corrected chi connectivity index (χ0v) is 10.4. The molecule has 1 aromatic rings. The van der Waals surface area contributed by atoms with Crippen LogP contribution in [0.3, 0.4) is 0 Å². The summed E-state index contributed by atoms with van der Waals surface area (Å²) in [6.45, 7) is 1.83. The summed E-state index contributed by atoms with van der Waals surface area (Å²) in [6.07, 6.45) is 3.56. The molecule has 0 aliphatic heterocycles. The first kappa shape index (κ1) is 13.6. The van der Waals surface area contributed by atoms with Crippen molar-refractivity contribution >= 4 is 15.9 Å². The molecule has 0 radical (unpaired) electrons. The van der Waals surface area contributed by atoms with Gasteiger partial charge in [0.2, 0.25) is 10.0 Å². The highest BCUT2D eigenvalue weighted by molar-refractivity contribution is 7.89. The molecule has 1 aromatic heterocycles. The molecular weight excluding hydrogens is 240 g/mol. The summed E-state index contributed by atoms with van der Waals surface area (Å²) in [4.78, 5) is 3.87. The van der Waals surface area contributed by atoms with Crippen molar-refractivity contribution in [1.82, 2.24) is 9.71 Å². The highest BCUT2D eigenvalue weighted by Crippen LogP contribution is 2.08. The Morgan fingerprint density at radius 2 is 2.35 bits per heavy atom. The maximum Gasteiger partial charge on any atom is 0.242 e. The number of rotatable bonds is 6. The molecule has 0 amide bonds. The van der Waals surface area contributed by atoms with Gasteiger partial charge in [-0.3, -0.25) is 10.4 Å². The predicted molar refractivity (Wildman–Crippen MR) is 65.2 cm³/mol. The van der Waals surface area contributed by atoms with E-state index in [1.165, 1.54) is 18.5 Å². The Labute approximate surface area is 101 Å². The Kier molecular flexibility index (Phi) is 4.59. The van der Waals surface area contributed by atoms with E-state index >= 15 is 0 Å². The zero-order chi connectivity index (χ0) is 12.9. The molecule has 0 saturated carbocycles. The van der Waals surface area contributed by atoms with Crippen LogP contribution in [0.5, 0.6) is 0 Å². The maximum absolute atomic E-state index is 11.9. The molecule has 0 aliphatic carbocycles. The number of nitrogens with one attached hydrogen (secondary N) is 2. The molecule has 1 rings (SSSR count). The Balaban J connectivity index is 2.82. The van der Waals surface area contributed by atoms with E-state index in [0.717, 1.165) is 0 Å². The number of hydrogen-bond donors (Lipinski definition) is 3. The van der Waals surface area contributed by atoms with E-state index in [9.17, 15) is 8.42 Å². The standard InChI is InChI=1S/C10H16N4O2S/c1-2-8(6-10(11)12)14-17(15,16)9-4-3-5-13-7-9/h3-5,7-8,14H,2,6H2,1H3,(H3,11,12). The Morgan fingerprint density at radius 1 is 1.65 bits per heavy atom. The number of sulfonamides is 1. The number of pyridine rings is 1. The Morgan fingerprint density at radius 3 is 2.82 bits per heavy atom. The zero-order valence-electron chi connectivity index (χ0n) is 9.55. The number of amidine groups is 1. The highest BCUT2D eigenvalue weighted by atomic mass is 32.2. The average molecular weight is 256 g/mol. The minimum Gasteiger partial charge on any atom is -0.388 e. The van der Waals surface area contributed by atoms with Crippen LogP contribution in [-0.4, -0.2) is 25.3 Å². The molecule has 7 heteroatoms. The smallest absolute Gasteiger partial charge is 0.242 e. The van der Waals surface area contributed by atoms with Crippen LogP contribution in [0.4, 0.5) is 0 Å². The molecule has 1 unspecified atom stereocenters. The van der Waals surface area contributed by atoms with Crippen molar-refractivity contribution < 1.29 is 8.42 Å². The lowest BCUT2D eigenvalue weighted by Crippen LogP contribution is -2.37. The lowest BCUT2D eigenvalue weighted by Gasteiger charge is -2.16. The monoisotopic (exact) mass is 256 g/mol. The number of nitrogens with two attached hydrogens (primary N) is 1. The summed E-state index contributed by atoms with van der Waals surface area (Å²) >= 11 is 0. The van der Waals surface area contributed by atoms with Gasteiger partial charge in [-0.25, -0.2) is 13.1 Å². The maximum atomic E-state index is 11.9. The molecule has 1 atom stereocenters.